The summed E-state index contributed by atoms with van der Waals surface area (Å²) in [5.74, 6) is -1.19. The first-order chi connectivity index (χ1) is 6.61. The van der Waals surface area contributed by atoms with E-state index in [-0.39, 0.29) is 5.69 Å². The van der Waals surface area contributed by atoms with Crippen molar-refractivity contribution in [2.24, 2.45) is 0 Å². The third kappa shape index (κ3) is 1.68. The maximum atomic E-state index is 10.9. The molecule has 1 aromatic heterocycles. The summed E-state index contributed by atoms with van der Waals surface area (Å²) < 4.78 is 0. The molecule has 0 aromatic carbocycles. The highest BCUT2D eigenvalue weighted by Crippen LogP contribution is 2.16. The van der Waals surface area contributed by atoms with Gasteiger partial charge in [-0.1, -0.05) is 0 Å². The summed E-state index contributed by atoms with van der Waals surface area (Å²) in [6, 6.07) is 0. The van der Waals surface area contributed by atoms with Gasteiger partial charge in [0.1, 0.15) is 0 Å². The van der Waals surface area contributed by atoms with Crippen molar-refractivity contribution in [2.75, 3.05) is 0 Å². The zero-order valence-corrected chi connectivity index (χ0v) is 7.47. The fraction of sp³-hybridized carbons (Fsp3) is 0.250. The van der Waals surface area contributed by atoms with Gasteiger partial charge in [-0.15, -0.1) is 0 Å². The minimum atomic E-state index is -1.53. The van der Waals surface area contributed by atoms with Crippen molar-refractivity contribution < 1.29 is 14.7 Å². The van der Waals surface area contributed by atoms with Gasteiger partial charge >= 0.3 is 5.97 Å². The lowest BCUT2D eigenvalue weighted by Crippen LogP contribution is -2.46. The van der Waals surface area contributed by atoms with E-state index in [0.717, 1.165) is 0 Å². The van der Waals surface area contributed by atoms with Gasteiger partial charge in [-0.2, -0.15) is 0 Å². The van der Waals surface area contributed by atoms with Crippen LogP contribution in [0.4, 0.5) is 0 Å². The van der Waals surface area contributed by atoms with E-state index in [1.165, 1.54) is 25.5 Å². The lowest BCUT2D eigenvalue weighted by molar-refractivity contribution is -0.146. The molecule has 6 nitrogen and oxygen atoms in total. The van der Waals surface area contributed by atoms with Crippen molar-refractivity contribution in [3.63, 3.8) is 0 Å². The maximum Gasteiger partial charge on any atom is 0.335 e. The quantitative estimate of drug-likeness (QED) is 0.633. The molecule has 1 unspecified atom stereocenters. The van der Waals surface area contributed by atoms with E-state index in [9.17, 15) is 9.59 Å². The standard InChI is InChI=1S/C8H9N3O3/c1-8(7(13)14,11-5-12)6-4-9-2-3-10-6/h2-5H,1H3,(H,11,12)(H,13,14). The Labute approximate surface area is 80.0 Å². The van der Waals surface area contributed by atoms with Gasteiger partial charge in [0, 0.05) is 12.4 Å². The van der Waals surface area contributed by atoms with Crippen LogP contribution in [0, 0.1) is 0 Å². The average molecular weight is 195 g/mol. The van der Waals surface area contributed by atoms with Crippen LogP contribution in [-0.4, -0.2) is 27.5 Å². The number of aromatic nitrogens is 2. The highest BCUT2D eigenvalue weighted by atomic mass is 16.4. The number of nitrogens with zero attached hydrogens (tertiary/aromatic N) is 2. The number of rotatable bonds is 4. The normalized spacial score (nSPS) is 14.1. The molecule has 0 saturated heterocycles. The Morgan fingerprint density at radius 3 is 2.79 bits per heavy atom. The van der Waals surface area contributed by atoms with Gasteiger partial charge in [0.25, 0.3) is 0 Å². The predicted octanol–water partition coefficient (Wildman–Crippen LogP) is -0.478. The number of amides is 1. The Morgan fingerprint density at radius 1 is 1.64 bits per heavy atom. The van der Waals surface area contributed by atoms with Gasteiger partial charge in [0.05, 0.1) is 11.9 Å². The van der Waals surface area contributed by atoms with Crippen molar-refractivity contribution in [3.8, 4) is 0 Å². The van der Waals surface area contributed by atoms with Gasteiger partial charge in [-0.3, -0.25) is 14.8 Å². The van der Waals surface area contributed by atoms with Crippen LogP contribution in [0.25, 0.3) is 0 Å². The van der Waals surface area contributed by atoms with Crippen LogP contribution in [0.15, 0.2) is 18.6 Å². The highest BCUT2D eigenvalue weighted by Gasteiger charge is 2.36. The van der Waals surface area contributed by atoms with Crippen LogP contribution in [-0.2, 0) is 15.1 Å². The lowest BCUT2D eigenvalue weighted by Gasteiger charge is -2.22. The molecule has 1 aromatic rings. The zero-order valence-electron chi connectivity index (χ0n) is 7.47. The Bertz CT molecular complexity index is 341. The molecule has 1 rings (SSSR count). The smallest absolute Gasteiger partial charge is 0.335 e. The number of nitrogens with one attached hydrogen (secondary N) is 1. The highest BCUT2D eigenvalue weighted by molar-refractivity contribution is 5.81. The molecule has 0 fully saturated rings. The first-order valence-electron chi connectivity index (χ1n) is 3.82. The number of carbonyl (C=O) groups excluding carboxylic acids is 1. The van der Waals surface area contributed by atoms with Crippen molar-refractivity contribution in [1.29, 1.82) is 0 Å². The van der Waals surface area contributed by atoms with E-state index >= 15 is 0 Å². The van der Waals surface area contributed by atoms with Crippen molar-refractivity contribution in [3.05, 3.63) is 24.3 Å². The second-order valence-electron chi connectivity index (χ2n) is 2.78. The van der Waals surface area contributed by atoms with E-state index < -0.39 is 11.5 Å². The second-order valence-corrected chi connectivity index (χ2v) is 2.78. The molecular weight excluding hydrogens is 186 g/mol. The topological polar surface area (TPSA) is 92.2 Å². The third-order valence-corrected chi connectivity index (χ3v) is 1.85. The molecule has 6 heteroatoms. The maximum absolute atomic E-state index is 10.9. The minimum Gasteiger partial charge on any atom is -0.479 e. The molecular formula is C8H9N3O3. The Hall–Kier alpha value is -1.98. The van der Waals surface area contributed by atoms with Crippen LogP contribution in [0.2, 0.25) is 0 Å². The molecule has 1 atom stereocenters. The number of hydrogen-bond donors (Lipinski definition) is 2. The van der Waals surface area contributed by atoms with Crippen LogP contribution in [0.5, 0.6) is 0 Å². The van der Waals surface area contributed by atoms with Gasteiger partial charge in [0.15, 0.2) is 5.54 Å². The van der Waals surface area contributed by atoms with Crippen LogP contribution in [0.1, 0.15) is 12.6 Å². The number of carbonyl (C=O) groups is 2. The Morgan fingerprint density at radius 2 is 2.36 bits per heavy atom. The number of carboxylic acid groups (broad SMARTS) is 1. The van der Waals surface area contributed by atoms with E-state index in [2.05, 4.69) is 15.3 Å². The second kappa shape index (κ2) is 3.82. The first kappa shape index (κ1) is 10.1. The molecule has 0 aliphatic heterocycles. The molecule has 0 bridgehead atoms. The third-order valence-electron chi connectivity index (χ3n) is 1.85. The fourth-order valence-electron chi connectivity index (χ4n) is 0.920. The molecule has 1 heterocycles. The summed E-state index contributed by atoms with van der Waals surface area (Å²) in [4.78, 5) is 28.8. The van der Waals surface area contributed by atoms with Crippen LogP contribution < -0.4 is 5.32 Å². The van der Waals surface area contributed by atoms with Crippen molar-refractivity contribution in [1.82, 2.24) is 15.3 Å². The van der Waals surface area contributed by atoms with E-state index in [0.29, 0.717) is 6.41 Å². The molecule has 0 spiro atoms. The van der Waals surface area contributed by atoms with Crippen LogP contribution in [0.3, 0.4) is 0 Å². The number of carboxylic acids is 1. The monoisotopic (exact) mass is 195 g/mol. The van der Waals surface area contributed by atoms with Gasteiger partial charge in [-0.25, -0.2) is 4.79 Å². The van der Waals surface area contributed by atoms with Gasteiger partial charge in [-0.05, 0) is 6.92 Å². The summed E-state index contributed by atoms with van der Waals surface area (Å²) in [5.41, 5.74) is -1.35. The Kier molecular flexibility index (Phi) is 2.76. The SMILES string of the molecule is CC(NC=O)(C(=O)O)c1cnccn1. The molecule has 14 heavy (non-hydrogen) atoms. The van der Waals surface area contributed by atoms with Crippen molar-refractivity contribution in [2.45, 2.75) is 12.5 Å². The number of hydrogen-bond acceptors (Lipinski definition) is 4. The van der Waals surface area contributed by atoms with E-state index in [1.54, 1.807) is 0 Å². The first-order valence-corrected chi connectivity index (χ1v) is 3.82. The zero-order chi connectivity index (χ0) is 10.6. The van der Waals surface area contributed by atoms with E-state index in [1.807, 2.05) is 0 Å². The molecule has 0 saturated carbocycles. The minimum absolute atomic E-state index is 0.180. The summed E-state index contributed by atoms with van der Waals surface area (Å²) in [7, 11) is 0. The molecule has 2 N–H and O–H groups in total. The van der Waals surface area contributed by atoms with Gasteiger partial charge < -0.3 is 10.4 Å². The van der Waals surface area contributed by atoms with Gasteiger partial charge in [0.2, 0.25) is 6.41 Å². The predicted molar refractivity (Wildman–Crippen MR) is 46.2 cm³/mol. The van der Waals surface area contributed by atoms with E-state index in [4.69, 9.17) is 5.11 Å². The summed E-state index contributed by atoms with van der Waals surface area (Å²) in [5, 5.41) is 11.1. The summed E-state index contributed by atoms with van der Waals surface area (Å²) in [6.07, 6.45) is 4.41. The van der Waals surface area contributed by atoms with Crippen LogP contribution >= 0.6 is 0 Å². The molecule has 74 valence electrons. The molecule has 1 amide bonds. The lowest BCUT2D eigenvalue weighted by atomic mass is 9.99. The number of aliphatic carboxylic acids is 1. The molecule has 0 radical (unpaired) electrons. The summed E-state index contributed by atoms with van der Waals surface area (Å²) in [6.45, 7) is 1.34. The molecule has 0 aliphatic rings. The average Bonchev–Trinajstić information content (AvgIpc) is 2.19. The fourth-order valence-corrected chi connectivity index (χ4v) is 0.920. The summed E-state index contributed by atoms with van der Waals surface area (Å²) >= 11 is 0. The van der Waals surface area contributed by atoms with Crippen molar-refractivity contribution >= 4 is 12.4 Å². The Balaban J connectivity index is 3.12. The molecule has 0 aliphatic carbocycles. The largest absolute Gasteiger partial charge is 0.479 e.